The molecule has 0 atom stereocenters. The molecule has 0 amide bonds. The highest BCUT2D eigenvalue weighted by Gasteiger charge is 1.94. The van der Waals surface area contributed by atoms with E-state index >= 15 is 0 Å². The van der Waals surface area contributed by atoms with E-state index in [1.807, 2.05) is 6.08 Å². The molecule has 0 radical (unpaired) electrons. The minimum absolute atomic E-state index is 0.792. The fraction of sp³-hybridized carbons (Fsp3) is 0.333. The third-order valence-corrected chi connectivity index (χ3v) is 1.29. The first-order valence-corrected chi connectivity index (χ1v) is 2.71. The largest absolute Gasteiger partial charge is 0.385 e. The monoisotopic (exact) mass is 102 g/mol. The average molecular weight is 102 g/mol. The molecule has 0 fully saturated rings. The minimum Gasteiger partial charge on any atom is -0.385 e. The molecule has 0 aromatic carbocycles. The molecule has 3 N–H and O–H groups in total. The van der Waals surface area contributed by atoms with Crippen LogP contribution in [0.1, 0.15) is 0 Å². The minimum atomic E-state index is 0.792. The van der Waals surface area contributed by atoms with Crippen LogP contribution in [0.25, 0.3) is 0 Å². The van der Waals surface area contributed by atoms with Gasteiger partial charge >= 0.3 is 0 Å². The summed E-state index contributed by atoms with van der Waals surface area (Å²) in [5, 5.41) is 0. The molecule has 0 aliphatic carbocycles. The molecule has 6 heavy (non-hydrogen) atoms. The topological polar surface area (TPSA) is 38.0 Å². The van der Waals surface area contributed by atoms with E-state index in [0.717, 1.165) is 11.6 Å². The Labute approximate surface area is 40.9 Å². The number of nitrogens with two attached hydrogens (primary N) is 1. The standard InChI is InChI=1S/C3H6N2S/c4-3-1-2-6-5-3/h1,5H,2,4H2. The second-order valence-corrected chi connectivity index (χ2v) is 1.90. The predicted octanol–water partition coefficient (Wildman–Crippen LogP) is 0.0379. The van der Waals surface area contributed by atoms with Gasteiger partial charge in [-0.1, -0.05) is 0 Å². The zero-order valence-corrected chi connectivity index (χ0v) is 4.09. The van der Waals surface area contributed by atoms with Gasteiger partial charge in [0.2, 0.25) is 0 Å². The van der Waals surface area contributed by atoms with Crippen molar-refractivity contribution >= 4 is 11.9 Å². The fourth-order valence-corrected chi connectivity index (χ4v) is 0.894. The Morgan fingerprint density at radius 3 is 3.00 bits per heavy atom. The van der Waals surface area contributed by atoms with Crippen LogP contribution in [-0.2, 0) is 0 Å². The first-order valence-electron chi connectivity index (χ1n) is 1.73. The summed E-state index contributed by atoms with van der Waals surface area (Å²) in [5.41, 5.74) is 5.26. The molecular weight excluding hydrogens is 96.1 g/mol. The Morgan fingerprint density at radius 1 is 2.00 bits per heavy atom. The van der Waals surface area contributed by atoms with Crippen LogP contribution in [0.2, 0.25) is 0 Å². The molecule has 0 bridgehead atoms. The molecule has 0 aromatic rings. The van der Waals surface area contributed by atoms with Crippen molar-refractivity contribution < 1.29 is 0 Å². The predicted molar refractivity (Wildman–Crippen MR) is 27.9 cm³/mol. The summed E-state index contributed by atoms with van der Waals surface area (Å²) in [6.07, 6.45) is 1.95. The van der Waals surface area contributed by atoms with Gasteiger partial charge in [0.05, 0.1) is 0 Å². The lowest BCUT2D eigenvalue weighted by molar-refractivity contribution is 1.18. The maximum Gasteiger partial charge on any atom is 0.103 e. The fourth-order valence-electron chi connectivity index (χ4n) is 0.298. The maximum absolute atomic E-state index is 5.26. The molecule has 0 saturated heterocycles. The van der Waals surface area contributed by atoms with E-state index < -0.39 is 0 Å². The number of hydrogen-bond acceptors (Lipinski definition) is 3. The van der Waals surface area contributed by atoms with E-state index in [1.54, 1.807) is 11.9 Å². The lowest BCUT2D eigenvalue weighted by Gasteiger charge is -1.87. The van der Waals surface area contributed by atoms with Gasteiger partial charge in [-0.25, -0.2) is 0 Å². The summed E-state index contributed by atoms with van der Waals surface area (Å²) in [5.74, 6) is 1.80. The van der Waals surface area contributed by atoms with Gasteiger partial charge in [-0.2, -0.15) is 0 Å². The van der Waals surface area contributed by atoms with E-state index in [1.165, 1.54) is 0 Å². The van der Waals surface area contributed by atoms with Crippen LogP contribution in [0, 0.1) is 0 Å². The van der Waals surface area contributed by atoms with Crippen LogP contribution in [-0.4, -0.2) is 5.75 Å². The van der Waals surface area contributed by atoms with Crippen molar-refractivity contribution in [2.45, 2.75) is 0 Å². The summed E-state index contributed by atoms with van der Waals surface area (Å²) in [4.78, 5) is 0. The van der Waals surface area contributed by atoms with Crippen molar-refractivity contribution in [2.75, 3.05) is 5.75 Å². The highest BCUT2D eigenvalue weighted by Crippen LogP contribution is 2.03. The Kier molecular flexibility index (Phi) is 0.919. The van der Waals surface area contributed by atoms with Gasteiger partial charge in [0.25, 0.3) is 0 Å². The highest BCUT2D eigenvalue weighted by atomic mass is 32.2. The lowest BCUT2D eigenvalue weighted by Crippen LogP contribution is -2.06. The SMILES string of the molecule is NC1=CCSN1. The molecule has 1 heterocycles. The van der Waals surface area contributed by atoms with E-state index in [2.05, 4.69) is 4.72 Å². The van der Waals surface area contributed by atoms with Crippen LogP contribution in [0.15, 0.2) is 11.9 Å². The molecular formula is C3H6N2S. The first kappa shape index (κ1) is 3.87. The molecule has 1 aliphatic heterocycles. The molecule has 0 unspecified atom stereocenters. The highest BCUT2D eigenvalue weighted by molar-refractivity contribution is 7.97. The second kappa shape index (κ2) is 1.43. The molecule has 3 heteroatoms. The summed E-state index contributed by atoms with van der Waals surface area (Å²) < 4.78 is 2.88. The Hall–Kier alpha value is -0.310. The van der Waals surface area contributed by atoms with Crippen LogP contribution in [0.4, 0.5) is 0 Å². The maximum atomic E-state index is 5.26. The molecule has 1 aliphatic rings. The van der Waals surface area contributed by atoms with Gasteiger partial charge in [-0.15, -0.1) is 0 Å². The second-order valence-electron chi connectivity index (χ2n) is 1.07. The van der Waals surface area contributed by atoms with E-state index in [-0.39, 0.29) is 0 Å². The summed E-state index contributed by atoms with van der Waals surface area (Å²) in [6.45, 7) is 0. The van der Waals surface area contributed by atoms with Crippen LogP contribution in [0.5, 0.6) is 0 Å². The van der Waals surface area contributed by atoms with Gasteiger partial charge in [-0.05, 0) is 18.0 Å². The zero-order chi connectivity index (χ0) is 4.41. The first-order chi connectivity index (χ1) is 2.89. The Bertz CT molecular complexity index is 78.9. The van der Waals surface area contributed by atoms with Crippen molar-refractivity contribution in [3.8, 4) is 0 Å². The van der Waals surface area contributed by atoms with Gasteiger partial charge in [0.1, 0.15) is 5.82 Å². The van der Waals surface area contributed by atoms with E-state index in [9.17, 15) is 0 Å². The van der Waals surface area contributed by atoms with Gasteiger partial charge in [0, 0.05) is 5.75 Å². The van der Waals surface area contributed by atoms with Crippen LogP contribution in [0.3, 0.4) is 0 Å². The van der Waals surface area contributed by atoms with Crippen molar-refractivity contribution in [2.24, 2.45) is 5.73 Å². The van der Waals surface area contributed by atoms with Crippen LogP contribution < -0.4 is 10.5 Å². The molecule has 0 spiro atoms. The van der Waals surface area contributed by atoms with Crippen molar-refractivity contribution in [3.05, 3.63) is 11.9 Å². The van der Waals surface area contributed by atoms with Gasteiger partial charge in [-0.3, -0.25) is 0 Å². The Balaban J connectivity index is 2.45. The summed E-state index contributed by atoms with van der Waals surface area (Å²) in [6, 6.07) is 0. The lowest BCUT2D eigenvalue weighted by atomic mass is 10.6. The van der Waals surface area contributed by atoms with Crippen molar-refractivity contribution in [1.82, 2.24) is 4.72 Å². The smallest absolute Gasteiger partial charge is 0.103 e. The van der Waals surface area contributed by atoms with Crippen molar-refractivity contribution in [1.29, 1.82) is 0 Å². The van der Waals surface area contributed by atoms with E-state index in [0.29, 0.717) is 0 Å². The molecule has 2 nitrogen and oxygen atoms in total. The number of rotatable bonds is 0. The quantitative estimate of drug-likeness (QED) is 0.424. The number of nitrogens with one attached hydrogen (secondary N) is 1. The molecule has 0 saturated carbocycles. The van der Waals surface area contributed by atoms with Crippen LogP contribution >= 0.6 is 11.9 Å². The third-order valence-electron chi connectivity index (χ3n) is 0.577. The number of hydrogen-bond donors (Lipinski definition) is 2. The zero-order valence-electron chi connectivity index (χ0n) is 3.27. The molecule has 1 rings (SSSR count). The third kappa shape index (κ3) is 0.597. The summed E-state index contributed by atoms with van der Waals surface area (Å²) in [7, 11) is 0. The summed E-state index contributed by atoms with van der Waals surface area (Å²) >= 11 is 1.61. The van der Waals surface area contributed by atoms with Gasteiger partial charge < -0.3 is 10.5 Å². The average Bonchev–Trinajstić information content (AvgIpc) is 1.86. The Morgan fingerprint density at radius 2 is 2.83 bits per heavy atom. The molecule has 0 aromatic heterocycles. The van der Waals surface area contributed by atoms with Crippen molar-refractivity contribution in [3.63, 3.8) is 0 Å². The van der Waals surface area contributed by atoms with E-state index in [4.69, 9.17) is 5.73 Å². The van der Waals surface area contributed by atoms with Gasteiger partial charge in [0.15, 0.2) is 0 Å². The normalized spacial score (nSPS) is 19.7. The molecule has 34 valence electrons.